The predicted molar refractivity (Wildman–Crippen MR) is 95.1 cm³/mol. The molecule has 0 atom stereocenters. The largest absolute Gasteiger partial charge is 0.454 e. The lowest BCUT2D eigenvalue weighted by Gasteiger charge is -2.07. The van der Waals surface area contributed by atoms with Crippen LogP contribution in [0.1, 0.15) is 20.9 Å². The lowest BCUT2D eigenvalue weighted by Crippen LogP contribution is -2.21. The maximum Gasteiger partial charge on any atom is 0.265 e. The Hall–Kier alpha value is -2.87. The fraction of sp³-hybridized carbons (Fsp3) is 0.235. The second kappa shape index (κ2) is 6.94. The van der Waals surface area contributed by atoms with Gasteiger partial charge in [0.15, 0.2) is 16.6 Å². The number of nitrogens with zero attached hydrogens (tertiary/aromatic N) is 2. The minimum Gasteiger partial charge on any atom is -0.454 e. The monoisotopic (exact) mass is 359 g/mol. The zero-order chi connectivity index (χ0) is 18.0. The lowest BCUT2D eigenvalue weighted by atomic mass is 10.2. The first-order valence-electron chi connectivity index (χ1n) is 7.52. The van der Waals surface area contributed by atoms with Gasteiger partial charge >= 0.3 is 0 Å². The first-order valence-corrected chi connectivity index (χ1v) is 8.33. The third-order valence-electron chi connectivity index (χ3n) is 3.45. The molecule has 1 aliphatic heterocycles. The highest BCUT2D eigenvalue weighted by Crippen LogP contribution is 2.32. The van der Waals surface area contributed by atoms with Crippen LogP contribution in [-0.4, -0.2) is 42.6 Å². The van der Waals surface area contributed by atoms with Crippen LogP contribution in [0.5, 0.6) is 11.5 Å². The van der Waals surface area contributed by atoms with E-state index in [-0.39, 0.29) is 18.6 Å². The van der Waals surface area contributed by atoms with Crippen LogP contribution in [0.15, 0.2) is 24.3 Å². The molecule has 7 nitrogen and oxygen atoms in total. The third-order valence-corrected chi connectivity index (χ3v) is 4.51. The van der Waals surface area contributed by atoms with Crippen molar-refractivity contribution in [3.8, 4) is 11.5 Å². The summed E-state index contributed by atoms with van der Waals surface area (Å²) in [6, 6.07) is 5.43. The van der Waals surface area contributed by atoms with E-state index in [1.54, 1.807) is 39.2 Å². The van der Waals surface area contributed by atoms with E-state index < -0.39 is 0 Å². The van der Waals surface area contributed by atoms with Crippen molar-refractivity contribution in [1.82, 2.24) is 9.88 Å². The van der Waals surface area contributed by atoms with Gasteiger partial charge in [-0.15, -0.1) is 0 Å². The molecule has 1 aliphatic rings. The van der Waals surface area contributed by atoms with Gasteiger partial charge in [-0.3, -0.25) is 14.9 Å². The maximum atomic E-state index is 12.1. The first kappa shape index (κ1) is 17.0. The molecule has 1 aromatic carbocycles. The Morgan fingerprint density at radius 1 is 1.28 bits per heavy atom. The second-order valence-corrected chi connectivity index (χ2v) is 6.57. The lowest BCUT2D eigenvalue weighted by molar-refractivity contribution is -0.111. The van der Waals surface area contributed by atoms with Crippen LogP contribution in [-0.2, 0) is 4.79 Å². The van der Waals surface area contributed by atoms with Crippen molar-refractivity contribution in [3.63, 3.8) is 0 Å². The van der Waals surface area contributed by atoms with E-state index in [9.17, 15) is 9.59 Å². The number of hydrogen-bond donors (Lipinski definition) is 1. The van der Waals surface area contributed by atoms with Crippen molar-refractivity contribution in [1.29, 1.82) is 0 Å². The summed E-state index contributed by atoms with van der Waals surface area (Å²) in [4.78, 5) is 30.3. The Kier molecular flexibility index (Phi) is 4.71. The number of benzene rings is 1. The van der Waals surface area contributed by atoms with Crippen molar-refractivity contribution in [2.75, 3.05) is 26.2 Å². The molecule has 0 fully saturated rings. The number of aryl methyl sites for hydroxylation is 1. The predicted octanol–water partition coefficient (Wildman–Crippen LogP) is 2.53. The van der Waals surface area contributed by atoms with Crippen LogP contribution >= 0.6 is 11.3 Å². The molecule has 8 heteroatoms. The average Bonchev–Trinajstić information content (AvgIpc) is 3.17. The minimum absolute atomic E-state index is 0.133. The molecular formula is C17H17N3O4S. The number of anilines is 1. The molecule has 0 aliphatic carbocycles. The standard InChI is InChI=1S/C17H17N3O4S/c1-10-15(16(22)20(2)3)25-17(18-10)19-14(21)7-5-11-4-6-12-13(8-11)24-9-23-12/h4-8H,9H2,1-3H3,(H,18,19,21)/b7-5+. The molecule has 3 rings (SSSR count). The number of amides is 2. The molecule has 2 aromatic rings. The van der Waals surface area contributed by atoms with Gasteiger partial charge in [0.1, 0.15) is 4.88 Å². The highest BCUT2D eigenvalue weighted by Gasteiger charge is 2.17. The van der Waals surface area contributed by atoms with Crippen LogP contribution in [0, 0.1) is 6.92 Å². The molecule has 2 heterocycles. The van der Waals surface area contributed by atoms with Gasteiger partial charge in [-0.2, -0.15) is 0 Å². The molecule has 1 N–H and O–H groups in total. The number of carbonyl (C=O) groups is 2. The van der Waals surface area contributed by atoms with E-state index >= 15 is 0 Å². The number of rotatable bonds is 4. The Labute approximate surface area is 148 Å². The van der Waals surface area contributed by atoms with Crippen molar-refractivity contribution in [2.24, 2.45) is 0 Å². The van der Waals surface area contributed by atoms with Gasteiger partial charge < -0.3 is 14.4 Å². The topological polar surface area (TPSA) is 80.8 Å². The SMILES string of the molecule is Cc1nc(NC(=O)/C=C/c2ccc3c(c2)OCO3)sc1C(=O)N(C)C. The number of fused-ring (bicyclic) bond motifs is 1. The Morgan fingerprint density at radius 3 is 2.80 bits per heavy atom. The number of hydrogen-bond acceptors (Lipinski definition) is 6. The number of carbonyl (C=O) groups excluding carboxylic acids is 2. The van der Waals surface area contributed by atoms with Gasteiger partial charge in [0.05, 0.1) is 5.69 Å². The van der Waals surface area contributed by atoms with Crippen molar-refractivity contribution in [2.45, 2.75) is 6.92 Å². The van der Waals surface area contributed by atoms with Crippen molar-refractivity contribution < 1.29 is 19.1 Å². The van der Waals surface area contributed by atoms with Gasteiger partial charge in [-0.1, -0.05) is 17.4 Å². The van der Waals surface area contributed by atoms with E-state index in [2.05, 4.69) is 10.3 Å². The summed E-state index contributed by atoms with van der Waals surface area (Å²) in [5, 5.41) is 3.07. The molecule has 0 saturated carbocycles. The third kappa shape index (κ3) is 3.80. The summed E-state index contributed by atoms with van der Waals surface area (Å²) >= 11 is 1.16. The quantitative estimate of drug-likeness (QED) is 0.849. The van der Waals surface area contributed by atoms with Crippen molar-refractivity contribution >= 4 is 34.4 Å². The van der Waals surface area contributed by atoms with E-state index in [4.69, 9.17) is 9.47 Å². The summed E-state index contributed by atoms with van der Waals surface area (Å²) in [7, 11) is 3.35. The molecule has 0 radical (unpaired) electrons. The Morgan fingerprint density at radius 2 is 2.04 bits per heavy atom. The molecule has 130 valence electrons. The smallest absolute Gasteiger partial charge is 0.265 e. The number of aromatic nitrogens is 1. The van der Waals surface area contributed by atoms with Gasteiger partial charge in [0, 0.05) is 20.2 Å². The number of ether oxygens (including phenoxy) is 2. The summed E-state index contributed by atoms with van der Waals surface area (Å²) < 4.78 is 10.5. The normalized spacial score (nSPS) is 12.4. The molecule has 1 aromatic heterocycles. The molecule has 0 unspecified atom stereocenters. The average molecular weight is 359 g/mol. The maximum absolute atomic E-state index is 12.1. The van der Waals surface area contributed by atoms with E-state index in [0.29, 0.717) is 27.2 Å². The molecule has 0 spiro atoms. The van der Waals surface area contributed by atoms with Crippen molar-refractivity contribution in [3.05, 3.63) is 40.4 Å². The minimum atomic E-state index is -0.324. The number of thiazole rings is 1. The highest BCUT2D eigenvalue weighted by atomic mass is 32.1. The Balaban J connectivity index is 1.66. The molecule has 0 bridgehead atoms. The van der Waals surface area contributed by atoms with Gasteiger partial charge in [-0.05, 0) is 30.7 Å². The summed E-state index contributed by atoms with van der Waals surface area (Å²) in [6.45, 7) is 1.95. The van der Waals surface area contributed by atoms with Gasteiger partial charge in [0.25, 0.3) is 5.91 Å². The number of nitrogens with one attached hydrogen (secondary N) is 1. The van der Waals surface area contributed by atoms with Crippen LogP contribution in [0.25, 0.3) is 6.08 Å². The van der Waals surface area contributed by atoms with Crippen LogP contribution in [0.3, 0.4) is 0 Å². The fourth-order valence-electron chi connectivity index (χ4n) is 2.19. The van der Waals surface area contributed by atoms with E-state index in [0.717, 1.165) is 16.9 Å². The van der Waals surface area contributed by atoms with Crippen LogP contribution in [0.2, 0.25) is 0 Å². The molecule has 2 amide bonds. The Bertz CT molecular complexity index is 858. The zero-order valence-electron chi connectivity index (χ0n) is 14.0. The highest BCUT2D eigenvalue weighted by molar-refractivity contribution is 7.17. The van der Waals surface area contributed by atoms with Gasteiger partial charge in [0.2, 0.25) is 12.7 Å². The van der Waals surface area contributed by atoms with Crippen LogP contribution in [0.4, 0.5) is 5.13 Å². The van der Waals surface area contributed by atoms with E-state index in [1.165, 1.54) is 11.0 Å². The second-order valence-electron chi connectivity index (χ2n) is 5.57. The summed E-state index contributed by atoms with van der Waals surface area (Å²) in [5.41, 5.74) is 1.41. The first-order chi connectivity index (χ1) is 11.9. The molecule has 0 saturated heterocycles. The molecular weight excluding hydrogens is 342 g/mol. The summed E-state index contributed by atoms with van der Waals surface area (Å²) in [5.74, 6) is 0.893. The summed E-state index contributed by atoms with van der Waals surface area (Å²) in [6.07, 6.45) is 3.07. The van der Waals surface area contributed by atoms with E-state index in [1.807, 2.05) is 6.07 Å². The molecule has 25 heavy (non-hydrogen) atoms. The van der Waals surface area contributed by atoms with Gasteiger partial charge in [-0.25, -0.2) is 4.98 Å². The van der Waals surface area contributed by atoms with Crippen LogP contribution < -0.4 is 14.8 Å². The zero-order valence-corrected chi connectivity index (χ0v) is 14.8. The fourth-order valence-corrected chi connectivity index (χ4v) is 3.18.